The summed E-state index contributed by atoms with van der Waals surface area (Å²) in [5.41, 5.74) is 0.456. The van der Waals surface area contributed by atoms with Gasteiger partial charge in [0.15, 0.2) is 11.6 Å². The molecule has 0 unspecified atom stereocenters. The minimum absolute atomic E-state index is 0.251. The fourth-order valence-electron chi connectivity index (χ4n) is 2.39. The van der Waals surface area contributed by atoms with Gasteiger partial charge >= 0.3 is 0 Å². The zero-order chi connectivity index (χ0) is 17.4. The molecule has 25 heavy (non-hydrogen) atoms. The highest BCUT2D eigenvalue weighted by Gasteiger charge is 2.14. The van der Waals surface area contributed by atoms with Crippen LogP contribution in [0, 0.1) is 11.6 Å². The monoisotopic (exact) mass is 376 g/mol. The molecule has 8 heteroatoms. The molecule has 4 rings (SSSR count). The van der Waals surface area contributed by atoms with Crippen LogP contribution in [0.25, 0.3) is 21.5 Å². The Kier molecular flexibility index (Phi) is 4.14. The normalized spacial score (nSPS) is 11.3. The maximum absolute atomic E-state index is 13.2. The summed E-state index contributed by atoms with van der Waals surface area (Å²) in [5.74, 6) is -0.364. The molecule has 0 radical (unpaired) electrons. The average molecular weight is 376 g/mol. The van der Waals surface area contributed by atoms with Crippen LogP contribution >= 0.6 is 23.1 Å². The second-order valence-electron chi connectivity index (χ2n) is 5.18. The van der Waals surface area contributed by atoms with Crippen LogP contribution in [0.2, 0.25) is 0 Å². The molecule has 3 heterocycles. The largest absolute Gasteiger partial charge is 0.464 e. The van der Waals surface area contributed by atoms with Crippen LogP contribution in [0.4, 0.5) is 8.78 Å². The number of thioether (sulfide) groups is 1. The van der Waals surface area contributed by atoms with Crippen LogP contribution in [0.5, 0.6) is 0 Å². The van der Waals surface area contributed by atoms with Gasteiger partial charge < -0.3 is 9.40 Å². The van der Waals surface area contributed by atoms with Gasteiger partial charge in [-0.1, -0.05) is 0 Å². The summed E-state index contributed by atoms with van der Waals surface area (Å²) in [6.45, 7) is 0. The van der Waals surface area contributed by atoms with Crippen molar-refractivity contribution in [1.29, 1.82) is 0 Å². The minimum atomic E-state index is -0.900. The smallest absolute Gasteiger partial charge is 0.260 e. The Bertz CT molecular complexity index is 1100. The molecule has 1 aromatic carbocycles. The van der Waals surface area contributed by atoms with Gasteiger partial charge in [0.25, 0.3) is 5.56 Å². The second kappa shape index (κ2) is 6.45. The van der Waals surface area contributed by atoms with E-state index in [1.54, 1.807) is 18.4 Å². The molecule has 1 N–H and O–H groups in total. The molecule has 0 saturated carbocycles. The van der Waals surface area contributed by atoms with Crippen LogP contribution in [-0.4, -0.2) is 9.97 Å². The number of aromatic amines is 1. The fraction of sp³-hybridized carbons (Fsp3) is 0.0588. The summed E-state index contributed by atoms with van der Waals surface area (Å²) < 4.78 is 31.6. The first-order valence-electron chi connectivity index (χ1n) is 7.24. The molecule has 0 saturated heterocycles. The van der Waals surface area contributed by atoms with E-state index in [0.717, 1.165) is 12.1 Å². The number of fused-ring (bicyclic) bond motifs is 1. The predicted molar refractivity (Wildman–Crippen MR) is 93.9 cm³/mol. The zero-order valence-electron chi connectivity index (χ0n) is 12.6. The molecule has 0 fully saturated rings. The van der Waals surface area contributed by atoms with E-state index in [2.05, 4.69) is 9.97 Å². The number of hydrogen-bond donors (Lipinski definition) is 1. The van der Waals surface area contributed by atoms with E-state index in [0.29, 0.717) is 38.0 Å². The standard InChI is InChI=1S/C17H10F2N2O2S2/c18-11-4-3-9(6-12(11)19)24-8-14-20-16(22)15-10(7-25-17(15)21-14)13-2-1-5-23-13/h1-7H,8H2,(H,20,21,22). The van der Waals surface area contributed by atoms with Gasteiger partial charge in [-0.25, -0.2) is 13.8 Å². The SMILES string of the molecule is O=c1[nH]c(CSc2ccc(F)c(F)c2)nc2scc(-c3ccco3)c12. The van der Waals surface area contributed by atoms with Gasteiger partial charge in [-0.05, 0) is 30.3 Å². The lowest BCUT2D eigenvalue weighted by atomic mass is 10.2. The lowest BCUT2D eigenvalue weighted by molar-refractivity contribution is 0.506. The van der Waals surface area contributed by atoms with E-state index in [9.17, 15) is 13.6 Å². The Labute approximate surface area is 148 Å². The topological polar surface area (TPSA) is 58.9 Å². The third-order valence-electron chi connectivity index (χ3n) is 3.55. The molecule has 0 aliphatic heterocycles. The Morgan fingerprint density at radius 1 is 1.24 bits per heavy atom. The van der Waals surface area contributed by atoms with Crippen LogP contribution in [0.1, 0.15) is 5.82 Å². The highest BCUT2D eigenvalue weighted by molar-refractivity contribution is 7.98. The number of benzene rings is 1. The molecular weight excluding hydrogens is 366 g/mol. The van der Waals surface area contributed by atoms with Gasteiger partial charge in [0.1, 0.15) is 16.4 Å². The van der Waals surface area contributed by atoms with E-state index >= 15 is 0 Å². The Morgan fingerprint density at radius 2 is 2.12 bits per heavy atom. The number of aromatic nitrogens is 2. The molecule has 4 nitrogen and oxygen atoms in total. The first-order valence-corrected chi connectivity index (χ1v) is 9.10. The van der Waals surface area contributed by atoms with Gasteiger partial charge in [0, 0.05) is 15.8 Å². The van der Waals surface area contributed by atoms with Gasteiger partial charge in [0.2, 0.25) is 0 Å². The summed E-state index contributed by atoms with van der Waals surface area (Å²) in [6.07, 6.45) is 1.55. The molecule has 0 amide bonds. The maximum atomic E-state index is 13.2. The van der Waals surface area contributed by atoms with Gasteiger partial charge in [-0.3, -0.25) is 4.79 Å². The van der Waals surface area contributed by atoms with Crippen molar-refractivity contribution >= 4 is 33.3 Å². The number of nitrogens with one attached hydrogen (secondary N) is 1. The predicted octanol–water partition coefficient (Wildman–Crippen LogP) is 4.82. The van der Waals surface area contributed by atoms with Crippen molar-refractivity contribution in [2.24, 2.45) is 0 Å². The summed E-state index contributed by atoms with van der Waals surface area (Å²) in [5, 5.41) is 2.32. The number of hydrogen-bond acceptors (Lipinski definition) is 5. The van der Waals surface area contributed by atoms with Crippen molar-refractivity contribution in [3.05, 3.63) is 69.8 Å². The van der Waals surface area contributed by atoms with E-state index in [-0.39, 0.29) is 5.56 Å². The first kappa shape index (κ1) is 16.0. The maximum Gasteiger partial charge on any atom is 0.260 e. The van der Waals surface area contributed by atoms with Crippen molar-refractivity contribution in [3.8, 4) is 11.3 Å². The molecule has 126 valence electrons. The number of H-pyrrole nitrogens is 1. The number of nitrogens with zero attached hydrogens (tertiary/aromatic N) is 1. The van der Waals surface area contributed by atoms with E-state index in [4.69, 9.17) is 4.42 Å². The Hall–Kier alpha value is -2.45. The van der Waals surface area contributed by atoms with Crippen molar-refractivity contribution in [2.75, 3.05) is 0 Å². The summed E-state index contributed by atoms with van der Waals surface area (Å²) in [6, 6.07) is 7.23. The van der Waals surface area contributed by atoms with Crippen LogP contribution in [0.3, 0.4) is 0 Å². The van der Waals surface area contributed by atoms with Crippen LogP contribution in [0.15, 0.2) is 56.1 Å². The Balaban J connectivity index is 1.63. The highest BCUT2D eigenvalue weighted by Crippen LogP contribution is 2.31. The molecule has 0 bridgehead atoms. The minimum Gasteiger partial charge on any atom is -0.464 e. The lowest BCUT2D eigenvalue weighted by Crippen LogP contribution is -2.10. The second-order valence-corrected chi connectivity index (χ2v) is 7.09. The summed E-state index contributed by atoms with van der Waals surface area (Å²) in [7, 11) is 0. The van der Waals surface area contributed by atoms with Crippen molar-refractivity contribution in [1.82, 2.24) is 9.97 Å². The van der Waals surface area contributed by atoms with E-state index in [1.165, 1.54) is 29.2 Å². The third-order valence-corrected chi connectivity index (χ3v) is 5.42. The quantitative estimate of drug-likeness (QED) is 0.519. The first-order chi connectivity index (χ1) is 12.1. The fourth-order valence-corrected chi connectivity index (χ4v) is 4.13. The molecule has 0 spiro atoms. The van der Waals surface area contributed by atoms with Crippen LogP contribution < -0.4 is 5.56 Å². The summed E-state index contributed by atoms with van der Waals surface area (Å²) in [4.78, 5) is 20.8. The number of thiophene rings is 1. The van der Waals surface area contributed by atoms with Gasteiger partial charge in [0.05, 0.1) is 17.4 Å². The van der Waals surface area contributed by atoms with Crippen molar-refractivity contribution in [3.63, 3.8) is 0 Å². The van der Waals surface area contributed by atoms with Crippen LogP contribution in [-0.2, 0) is 5.75 Å². The van der Waals surface area contributed by atoms with Crippen molar-refractivity contribution < 1.29 is 13.2 Å². The van der Waals surface area contributed by atoms with Crippen molar-refractivity contribution in [2.45, 2.75) is 10.6 Å². The summed E-state index contributed by atoms with van der Waals surface area (Å²) >= 11 is 2.62. The highest BCUT2D eigenvalue weighted by atomic mass is 32.2. The molecule has 0 aliphatic rings. The number of rotatable bonds is 4. The molecule has 3 aromatic heterocycles. The molecular formula is C17H10F2N2O2S2. The Morgan fingerprint density at radius 3 is 2.88 bits per heavy atom. The average Bonchev–Trinajstić information content (AvgIpc) is 3.25. The van der Waals surface area contributed by atoms with E-state index < -0.39 is 11.6 Å². The van der Waals surface area contributed by atoms with Gasteiger partial charge in [-0.2, -0.15) is 0 Å². The van der Waals surface area contributed by atoms with Gasteiger partial charge in [-0.15, -0.1) is 23.1 Å². The lowest BCUT2D eigenvalue weighted by Gasteiger charge is -2.03. The molecule has 0 aliphatic carbocycles. The molecule has 4 aromatic rings. The van der Waals surface area contributed by atoms with E-state index in [1.807, 2.05) is 5.38 Å². The number of furan rings is 1. The zero-order valence-corrected chi connectivity index (χ0v) is 14.2. The third kappa shape index (κ3) is 3.10. The molecule has 0 atom stereocenters. The number of halogens is 2.